The van der Waals surface area contributed by atoms with E-state index < -0.39 is 6.10 Å². The fraction of sp³-hybridized carbons (Fsp3) is 0.400. The molecule has 0 aliphatic carbocycles. The Morgan fingerprint density at radius 3 is 3.05 bits per heavy atom. The second-order valence-corrected chi connectivity index (χ2v) is 4.49. The Morgan fingerprint density at radius 2 is 2.33 bits per heavy atom. The summed E-state index contributed by atoms with van der Waals surface area (Å²) in [6, 6.07) is 7.63. The van der Waals surface area contributed by atoms with Gasteiger partial charge in [-0.05, 0) is 6.07 Å². The van der Waals surface area contributed by atoms with Crippen molar-refractivity contribution in [1.82, 2.24) is 10.6 Å². The third kappa shape index (κ3) is 5.38. The maximum absolute atomic E-state index is 12.0. The van der Waals surface area contributed by atoms with E-state index in [1.807, 2.05) is 24.3 Å². The fourth-order valence-corrected chi connectivity index (χ4v) is 1.97. The minimum absolute atomic E-state index is 0. The van der Waals surface area contributed by atoms with Crippen molar-refractivity contribution in [2.24, 2.45) is 0 Å². The van der Waals surface area contributed by atoms with Crippen LogP contribution in [0.2, 0.25) is 0 Å². The van der Waals surface area contributed by atoms with Crippen molar-refractivity contribution in [3.8, 4) is 5.75 Å². The molecule has 1 aromatic rings. The number of rotatable bonds is 6. The van der Waals surface area contributed by atoms with Crippen LogP contribution in [-0.4, -0.2) is 38.3 Å². The smallest absolute Gasteiger partial charge is 0.250 e. The number of halogens is 1. The quantitative estimate of drug-likeness (QED) is 0.777. The highest BCUT2D eigenvalue weighted by Gasteiger charge is 2.21. The molecule has 1 atom stereocenters. The van der Waals surface area contributed by atoms with Crippen LogP contribution in [0.25, 0.3) is 0 Å². The SMILES string of the molecule is C=CCOc1ccccc1CNC(=O)C1CNCCO1.Cl. The van der Waals surface area contributed by atoms with Crippen molar-refractivity contribution >= 4 is 18.3 Å². The first-order valence-electron chi connectivity index (χ1n) is 6.73. The predicted molar refractivity (Wildman–Crippen MR) is 83.8 cm³/mol. The molecule has 0 saturated carbocycles. The van der Waals surface area contributed by atoms with Gasteiger partial charge in [0.25, 0.3) is 5.91 Å². The summed E-state index contributed by atoms with van der Waals surface area (Å²) in [5.74, 6) is 0.658. The average Bonchev–Trinajstić information content (AvgIpc) is 2.52. The van der Waals surface area contributed by atoms with Gasteiger partial charge in [0.1, 0.15) is 18.5 Å². The first-order chi connectivity index (χ1) is 9.81. The number of para-hydroxylation sites is 1. The lowest BCUT2D eigenvalue weighted by Gasteiger charge is -2.22. The van der Waals surface area contributed by atoms with Gasteiger partial charge in [-0.3, -0.25) is 4.79 Å². The van der Waals surface area contributed by atoms with E-state index in [2.05, 4.69) is 17.2 Å². The van der Waals surface area contributed by atoms with Crippen molar-refractivity contribution in [2.75, 3.05) is 26.3 Å². The minimum Gasteiger partial charge on any atom is -0.489 e. The Hall–Kier alpha value is -1.56. The third-order valence-electron chi connectivity index (χ3n) is 3.00. The van der Waals surface area contributed by atoms with E-state index in [0.29, 0.717) is 26.3 Å². The number of morpholine rings is 1. The van der Waals surface area contributed by atoms with Gasteiger partial charge in [0.15, 0.2) is 0 Å². The minimum atomic E-state index is -0.412. The lowest BCUT2D eigenvalue weighted by molar-refractivity contribution is -0.134. The van der Waals surface area contributed by atoms with E-state index in [4.69, 9.17) is 9.47 Å². The van der Waals surface area contributed by atoms with Crippen molar-refractivity contribution < 1.29 is 14.3 Å². The summed E-state index contributed by atoms with van der Waals surface area (Å²) in [6.45, 7) is 6.41. The second kappa shape index (κ2) is 9.39. The Balaban J connectivity index is 0.00000220. The van der Waals surface area contributed by atoms with E-state index in [9.17, 15) is 4.79 Å². The molecule has 21 heavy (non-hydrogen) atoms. The summed E-state index contributed by atoms with van der Waals surface area (Å²) in [5, 5.41) is 6.01. The number of ether oxygens (including phenoxy) is 2. The van der Waals surface area contributed by atoms with Gasteiger partial charge in [0.2, 0.25) is 0 Å². The first kappa shape index (κ1) is 17.5. The van der Waals surface area contributed by atoms with Crippen LogP contribution >= 0.6 is 12.4 Å². The molecule has 1 aliphatic heterocycles. The molecule has 5 nitrogen and oxygen atoms in total. The first-order valence-corrected chi connectivity index (χ1v) is 6.73. The second-order valence-electron chi connectivity index (χ2n) is 4.49. The maximum Gasteiger partial charge on any atom is 0.250 e. The standard InChI is InChI=1S/C15H20N2O3.ClH/c1-2-8-19-13-6-4-3-5-12(13)10-17-15(18)14-11-16-7-9-20-14;/h2-6,14,16H,1,7-11H2,(H,17,18);1H. The monoisotopic (exact) mass is 312 g/mol. The molecule has 1 fully saturated rings. The van der Waals surface area contributed by atoms with Crippen molar-refractivity contribution in [3.05, 3.63) is 42.5 Å². The number of benzene rings is 1. The molecule has 1 unspecified atom stereocenters. The Morgan fingerprint density at radius 1 is 1.52 bits per heavy atom. The normalized spacial score (nSPS) is 17.4. The van der Waals surface area contributed by atoms with Crippen molar-refractivity contribution in [1.29, 1.82) is 0 Å². The zero-order valence-electron chi connectivity index (χ0n) is 11.8. The van der Waals surface area contributed by atoms with Crippen LogP contribution in [-0.2, 0) is 16.1 Å². The number of nitrogens with one attached hydrogen (secondary N) is 2. The molecule has 1 heterocycles. The Labute approximate surface area is 131 Å². The highest BCUT2D eigenvalue weighted by Crippen LogP contribution is 2.17. The van der Waals surface area contributed by atoms with Crippen molar-refractivity contribution in [2.45, 2.75) is 12.6 Å². The van der Waals surface area contributed by atoms with Crippen LogP contribution in [0.1, 0.15) is 5.56 Å². The van der Waals surface area contributed by atoms with E-state index in [1.54, 1.807) is 6.08 Å². The predicted octanol–water partition coefficient (Wildman–Crippen LogP) is 1.28. The number of hydrogen-bond donors (Lipinski definition) is 2. The largest absolute Gasteiger partial charge is 0.489 e. The summed E-state index contributed by atoms with van der Waals surface area (Å²) in [7, 11) is 0. The Bertz CT molecular complexity index is 462. The molecular formula is C15H21ClN2O3. The molecule has 2 rings (SSSR count). The summed E-state index contributed by atoms with van der Waals surface area (Å²) in [6.07, 6.45) is 1.28. The van der Waals surface area contributed by atoms with Gasteiger partial charge in [-0.15, -0.1) is 12.4 Å². The molecule has 1 amide bonds. The third-order valence-corrected chi connectivity index (χ3v) is 3.00. The van der Waals surface area contributed by atoms with Gasteiger partial charge in [-0.25, -0.2) is 0 Å². The molecule has 0 radical (unpaired) electrons. The van der Waals surface area contributed by atoms with Crippen LogP contribution in [0.15, 0.2) is 36.9 Å². The van der Waals surface area contributed by atoms with E-state index in [0.717, 1.165) is 17.9 Å². The van der Waals surface area contributed by atoms with Crippen LogP contribution in [0.5, 0.6) is 5.75 Å². The summed E-state index contributed by atoms with van der Waals surface area (Å²) >= 11 is 0. The van der Waals surface area contributed by atoms with Crippen molar-refractivity contribution in [3.63, 3.8) is 0 Å². The van der Waals surface area contributed by atoms with Gasteiger partial charge >= 0.3 is 0 Å². The van der Waals surface area contributed by atoms with Crippen LogP contribution in [0.4, 0.5) is 0 Å². The molecule has 6 heteroatoms. The summed E-state index contributed by atoms with van der Waals surface area (Å²) in [5.41, 5.74) is 0.937. The lowest BCUT2D eigenvalue weighted by atomic mass is 10.2. The van der Waals surface area contributed by atoms with Gasteiger partial charge < -0.3 is 20.1 Å². The molecular weight excluding hydrogens is 292 g/mol. The number of hydrogen-bond acceptors (Lipinski definition) is 4. The molecule has 116 valence electrons. The number of carbonyl (C=O) groups is 1. The molecule has 1 aliphatic rings. The average molecular weight is 313 g/mol. The van der Waals surface area contributed by atoms with Gasteiger partial charge in [-0.2, -0.15) is 0 Å². The molecule has 0 spiro atoms. The molecule has 2 N–H and O–H groups in total. The topological polar surface area (TPSA) is 59.6 Å². The lowest BCUT2D eigenvalue weighted by Crippen LogP contribution is -2.47. The van der Waals surface area contributed by atoms with Crippen LogP contribution in [0, 0.1) is 0 Å². The maximum atomic E-state index is 12.0. The molecule has 1 saturated heterocycles. The number of carbonyl (C=O) groups excluding carboxylic acids is 1. The van der Waals surface area contributed by atoms with Gasteiger partial charge in [0.05, 0.1) is 6.61 Å². The van der Waals surface area contributed by atoms with E-state index in [1.165, 1.54) is 0 Å². The van der Waals surface area contributed by atoms with Gasteiger partial charge in [0, 0.05) is 25.2 Å². The van der Waals surface area contributed by atoms with E-state index >= 15 is 0 Å². The van der Waals surface area contributed by atoms with Gasteiger partial charge in [-0.1, -0.05) is 30.9 Å². The van der Waals surface area contributed by atoms with Crippen LogP contribution in [0.3, 0.4) is 0 Å². The Kier molecular flexibility index (Phi) is 7.82. The van der Waals surface area contributed by atoms with E-state index in [-0.39, 0.29) is 18.3 Å². The highest BCUT2D eigenvalue weighted by molar-refractivity contribution is 5.85. The number of amides is 1. The molecule has 1 aromatic carbocycles. The fourth-order valence-electron chi connectivity index (χ4n) is 1.97. The highest BCUT2D eigenvalue weighted by atomic mass is 35.5. The summed E-state index contributed by atoms with van der Waals surface area (Å²) in [4.78, 5) is 12.0. The molecule has 0 bridgehead atoms. The summed E-state index contributed by atoms with van der Waals surface area (Å²) < 4.78 is 11.0. The molecule has 0 aromatic heterocycles. The van der Waals surface area contributed by atoms with Crippen LogP contribution < -0.4 is 15.4 Å². The zero-order chi connectivity index (χ0) is 14.2. The zero-order valence-corrected chi connectivity index (χ0v) is 12.7.